The zero-order valence-electron chi connectivity index (χ0n) is 14.4. The van der Waals surface area contributed by atoms with E-state index in [4.69, 9.17) is 0 Å². The molecule has 1 aliphatic heterocycles. The van der Waals surface area contributed by atoms with Gasteiger partial charge in [0, 0.05) is 51.2 Å². The summed E-state index contributed by atoms with van der Waals surface area (Å²) >= 11 is 0. The number of aryl methyl sites for hydroxylation is 1. The molecule has 1 atom stereocenters. The summed E-state index contributed by atoms with van der Waals surface area (Å²) < 4.78 is 1.45. The molecular weight excluding hydrogens is 302 g/mol. The van der Waals surface area contributed by atoms with Gasteiger partial charge < -0.3 is 14.4 Å². The average molecular weight is 325 g/mol. The lowest BCUT2D eigenvalue weighted by molar-refractivity contribution is 0.0667. The second-order valence-electron chi connectivity index (χ2n) is 6.37. The van der Waals surface area contributed by atoms with Gasteiger partial charge in [0.25, 0.3) is 5.91 Å². The van der Waals surface area contributed by atoms with Crippen LogP contribution in [0.4, 0.5) is 5.69 Å². The quantitative estimate of drug-likeness (QED) is 0.851. The number of likely N-dealkylation sites (N-methyl/N-ethyl adjacent to an activating group) is 1. The van der Waals surface area contributed by atoms with Crippen LogP contribution in [0.15, 0.2) is 47.4 Å². The van der Waals surface area contributed by atoms with Crippen molar-refractivity contribution in [3.8, 4) is 0 Å². The summed E-state index contributed by atoms with van der Waals surface area (Å²) in [6.45, 7) is 3.49. The lowest BCUT2D eigenvalue weighted by Gasteiger charge is -2.30. The van der Waals surface area contributed by atoms with E-state index in [2.05, 4.69) is 31.0 Å². The van der Waals surface area contributed by atoms with Crippen molar-refractivity contribution in [2.75, 3.05) is 18.5 Å². The molecule has 1 amide bonds. The van der Waals surface area contributed by atoms with Crippen molar-refractivity contribution in [3.63, 3.8) is 0 Å². The Labute approximate surface area is 142 Å². The van der Waals surface area contributed by atoms with Gasteiger partial charge in [0.2, 0.25) is 5.56 Å². The molecule has 2 aromatic rings. The minimum atomic E-state index is -0.112. The first kappa shape index (κ1) is 16.3. The van der Waals surface area contributed by atoms with Gasteiger partial charge in [-0.2, -0.15) is 0 Å². The molecule has 0 saturated carbocycles. The first-order valence-corrected chi connectivity index (χ1v) is 8.28. The van der Waals surface area contributed by atoms with Crippen LogP contribution in [0.2, 0.25) is 0 Å². The molecule has 0 bridgehead atoms. The topological polar surface area (TPSA) is 45.6 Å². The summed E-state index contributed by atoms with van der Waals surface area (Å²) in [5.41, 5.74) is 2.76. The van der Waals surface area contributed by atoms with Crippen molar-refractivity contribution >= 4 is 11.6 Å². The molecule has 2 heterocycles. The van der Waals surface area contributed by atoms with Gasteiger partial charge in [0.15, 0.2) is 0 Å². The van der Waals surface area contributed by atoms with E-state index in [1.165, 1.54) is 16.3 Å². The van der Waals surface area contributed by atoms with Crippen LogP contribution in [0.25, 0.3) is 0 Å². The zero-order valence-corrected chi connectivity index (χ0v) is 14.4. The van der Waals surface area contributed by atoms with Crippen LogP contribution in [-0.2, 0) is 13.6 Å². The van der Waals surface area contributed by atoms with Crippen molar-refractivity contribution in [2.45, 2.75) is 25.9 Å². The predicted octanol–water partition coefficient (Wildman–Crippen LogP) is 2.26. The maximum atomic E-state index is 13.1. The van der Waals surface area contributed by atoms with Gasteiger partial charge >= 0.3 is 0 Å². The number of fused-ring (bicyclic) bond motifs is 1. The molecule has 0 radical (unpaired) electrons. The highest BCUT2D eigenvalue weighted by Crippen LogP contribution is 2.27. The molecule has 5 heteroatoms. The summed E-state index contributed by atoms with van der Waals surface area (Å²) in [4.78, 5) is 28.8. The van der Waals surface area contributed by atoms with Crippen LogP contribution < -0.4 is 10.5 Å². The number of amides is 1. The number of carbonyl (C=O) groups excluding carboxylic acids is 1. The second kappa shape index (κ2) is 6.51. The van der Waals surface area contributed by atoms with Crippen LogP contribution >= 0.6 is 0 Å². The Morgan fingerprint density at radius 2 is 1.92 bits per heavy atom. The fourth-order valence-electron chi connectivity index (χ4n) is 3.32. The maximum absolute atomic E-state index is 13.1. The Kier molecular flexibility index (Phi) is 4.42. The zero-order chi connectivity index (χ0) is 17.3. The third-order valence-corrected chi connectivity index (χ3v) is 4.73. The Balaban J connectivity index is 1.99. The van der Waals surface area contributed by atoms with Crippen molar-refractivity contribution in [2.24, 2.45) is 7.05 Å². The second-order valence-corrected chi connectivity index (χ2v) is 6.37. The predicted molar refractivity (Wildman–Crippen MR) is 95.3 cm³/mol. The largest absolute Gasteiger partial charge is 0.372 e. The number of rotatable bonds is 2. The Hall–Kier alpha value is -2.56. The van der Waals surface area contributed by atoms with Gasteiger partial charge in [-0.15, -0.1) is 0 Å². The number of benzene rings is 1. The standard InChI is InChI=1S/C19H23N3O2/c1-4-16-13-20(2)17-8-6-5-7-14(17)12-22(16)19(24)15-9-10-18(23)21(3)11-15/h5-11,16H,4,12-13H2,1-3H3/t16-/m0/s1. The van der Waals surface area contributed by atoms with Crippen molar-refractivity contribution in [1.29, 1.82) is 0 Å². The normalized spacial score (nSPS) is 17.4. The molecule has 3 rings (SSSR count). The van der Waals surface area contributed by atoms with E-state index >= 15 is 0 Å². The molecule has 1 aromatic heterocycles. The summed E-state index contributed by atoms with van der Waals surface area (Å²) in [5, 5.41) is 0. The maximum Gasteiger partial charge on any atom is 0.255 e. The molecule has 0 saturated heterocycles. The van der Waals surface area contributed by atoms with Gasteiger partial charge in [-0.3, -0.25) is 9.59 Å². The van der Waals surface area contributed by atoms with Gasteiger partial charge in [0.1, 0.15) is 0 Å². The summed E-state index contributed by atoms with van der Waals surface area (Å²) in [6, 6.07) is 11.4. The molecule has 126 valence electrons. The average Bonchev–Trinajstić information content (AvgIpc) is 2.73. The number of aromatic nitrogens is 1. The number of carbonyl (C=O) groups is 1. The minimum Gasteiger partial charge on any atom is -0.372 e. The lowest BCUT2D eigenvalue weighted by atomic mass is 10.1. The van der Waals surface area contributed by atoms with Crippen LogP contribution in [0.5, 0.6) is 0 Å². The van der Waals surface area contributed by atoms with Gasteiger partial charge in [-0.05, 0) is 24.1 Å². The molecule has 1 aromatic carbocycles. The molecule has 24 heavy (non-hydrogen) atoms. The highest BCUT2D eigenvalue weighted by molar-refractivity contribution is 5.94. The Morgan fingerprint density at radius 3 is 2.62 bits per heavy atom. The Bertz CT molecular complexity index is 812. The number of anilines is 1. The monoisotopic (exact) mass is 325 g/mol. The van der Waals surface area contributed by atoms with Crippen LogP contribution in [0.1, 0.15) is 29.3 Å². The molecule has 0 N–H and O–H groups in total. The van der Waals surface area contributed by atoms with E-state index in [1.807, 2.05) is 17.0 Å². The number of nitrogens with zero attached hydrogens (tertiary/aromatic N) is 3. The first-order chi connectivity index (χ1) is 11.5. The summed E-state index contributed by atoms with van der Waals surface area (Å²) in [5.74, 6) is -0.0254. The van der Waals surface area contributed by atoms with E-state index in [9.17, 15) is 9.59 Å². The Morgan fingerprint density at radius 1 is 1.17 bits per heavy atom. The number of para-hydroxylation sites is 1. The van der Waals surface area contributed by atoms with E-state index < -0.39 is 0 Å². The fraction of sp³-hybridized carbons (Fsp3) is 0.368. The number of pyridine rings is 1. The van der Waals surface area contributed by atoms with E-state index in [0.29, 0.717) is 12.1 Å². The molecule has 0 unspecified atom stereocenters. The minimum absolute atomic E-state index is 0.0254. The molecule has 0 aliphatic carbocycles. The highest BCUT2D eigenvalue weighted by atomic mass is 16.2. The van der Waals surface area contributed by atoms with Crippen LogP contribution in [0, 0.1) is 0 Å². The van der Waals surface area contributed by atoms with Crippen LogP contribution in [-0.4, -0.2) is 35.0 Å². The fourth-order valence-corrected chi connectivity index (χ4v) is 3.32. The SMILES string of the molecule is CC[C@H]1CN(C)c2ccccc2CN1C(=O)c1ccc(=O)n(C)c1. The van der Waals surface area contributed by atoms with Crippen LogP contribution in [0.3, 0.4) is 0 Å². The third-order valence-electron chi connectivity index (χ3n) is 4.73. The van der Waals surface area contributed by atoms with Crippen molar-refractivity contribution < 1.29 is 4.79 Å². The third kappa shape index (κ3) is 2.94. The molecule has 0 fully saturated rings. The van der Waals surface area contributed by atoms with E-state index in [1.54, 1.807) is 19.3 Å². The van der Waals surface area contributed by atoms with Gasteiger partial charge in [-0.25, -0.2) is 0 Å². The van der Waals surface area contributed by atoms with E-state index in [-0.39, 0.29) is 17.5 Å². The molecule has 1 aliphatic rings. The van der Waals surface area contributed by atoms with Crippen molar-refractivity contribution in [3.05, 3.63) is 64.1 Å². The number of hydrogen-bond donors (Lipinski definition) is 0. The van der Waals surface area contributed by atoms with E-state index in [0.717, 1.165) is 18.5 Å². The summed E-state index contributed by atoms with van der Waals surface area (Å²) in [7, 11) is 3.74. The first-order valence-electron chi connectivity index (χ1n) is 8.28. The lowest BCUT2D eigenvalue weighted by Crippen LogP contribution is -2.43. The summed E-state index contributed by atoms with van der Waals surface area (Å²) in [6.07, 6.45) is 2.51. The smallest absolute Gasteiger partial charge is 0.255 e. The number of hydrogen-bond acceptors (Lipinski definition) is 3. The highest BCUT2D eigenvalue weighted by Gasteiger charge is 2.29. The van der Waals surface area contributed by atoms with Gasteiger partial charge in [-0.1, -0.05) is 25.1 Å². The molecular formula is C19H23N3O2. The molecule has 0 spiro atoms. The van der Waals surface area contributed by atoms with Crippen molar-refractivity contribution in [1.82, 2.24) is 9.47 Å². The molecule has 5 nitrogen and oxygen atoms in total. The van der Waals surface area contributed by atoms with Gasteiger partial charge in [0.05, 0.1) is 5.56 Å².